The summed E-state index contributed by atoms with van der Waals surface area (Å²) >= 11 is 7.73. The Morgan fingerprint density at radius 2 is 1.81 bits per heavy atom. The lowest BCUT2D eigenvalue weighted by Gasteiger charge is -2.29. The SMILES string of the molecule is CCNC(=O)[C@H](C)N(Cc1ccccc1Cl)C(=O)CSc1ccc(C)cc1. The van der Waals surface area contributed by atoms with Gasteiger partial charge in [0.25, 0.3) is 0 Å². The van der Waals surface area contributed by atoms with Gasteiger partial charge in [0.15, 0.2) is 0 Å². The minimum atomic E-state index is -0.577. The second kappa shape index (κ2) is 10.4. The lowest BCUT2D eigenvalue weighted by molar-refractivity contribution is -0.138. The molecule has 0 saturated carbocycles. The van der Waals surface area contributed by atoms with Crippen LogP contribution in [-0.2, 0) is 16.1 Å². The summed E-state index contributed by atoms with van der Waals surface area (Å²) in [5, 5.41) is 3.38. The number of carbonyl (C=O) groups excluding carboxylic acids is 2. The Balaban J connectivity index is 2.14. The highest BCUT2D eigenvalue weighted by molar-refractivity contribution is 8.00. The molecular formula is C21H25ClN2O2S. The predicted molar refractivity (Wildman–Crippen MR) is 112 cm³/mol. The van der Waals surface area contributed by atoms with Gasteiger partial charge in [-0.3, -0.25) is 9.59 Å². The van der Waals surface area contributed by atoms with Crippen LogP contribution in [0.4, 0.5) is 0 Å². The maximum atomic E-state index is 12.9. The van der Waals surface area contributed by atoms with Crippen LogP contribution in [-0.4, -0.2) is 35.1 Å². The molecule has 0 heterocycles. The maximum Gasteiger partial charge on any atom is 0.242 e. The second-order valence-electron chi connectivity index (χ2n) is 6.29. The zero-order valence-electron chi connectivity index (χ0n) is 15.9. The molecule has 1 atom stereocenters. The zero-order chi connectivity index (χ0) is 19.8. The van der Waals surface area contributed by atoms with Crippen molar-refractivity contribution in [2.75, 3.05) is 12.3 Å². The van der Waals surface area contributed by atoms with Crippen LogP contribution in [0.1, 0.15) is 25.0 Å². The van der Waals surface area contributed by atoms with Crippen LogP contribution < -0.4 is 5.32 Å². The minimum Gasteiger partial charge on any atom is -0.355 e. The fourth-order valence-corrected chi connectivity index (χ4v) is 3.56. The van der Waals surface area contributed by atoms with Crippen LogP contribution in [0, 0.1) is 6.92 Å². The third-order valence-corrected chi connectivity index (χ3v) is 5.57. The van der Waals surface area contributed by atoms with Crippen molar-refractivity contribution in [1.82, 2.24) is 10.2 Å². The number of halogens is 1. The van der Waals surface area contributed by atoms with E-state index in [1.54, 1.807) is 17.9 Å². The smallest absolute Gasteiger partial charge is 0.242 e. The van der Waals surface area contributed by atoms with Gasteiger partial charge in [-0.05, 0) is 44.5 Å². The number of hydrogen-bond acceptors (Lipinski definition) is 3. The van der Waals surface area contributed by atoms with Crippen molar-refractivity contribution >= 4 is 35.2 Å². The van der Waals surface area contributed by atoms with Crippen molar-refractivity contribution in [3.63, 3.8) is 0 Å². The fourth-order valence-electron chi connectivity index (χ4n) is 2.58. The molecule has 0 saturated heterocycles. The molecule has 0 fully saturated rings. The Morgan fingerprint density at radius 1 is 1.15 bits per heavy atom. The van der Waals surface area contributed by atoms with E-state index in [1.807, 2.05) is 56.3 Å². The third kappa shape index (κ3) is 6.29. The number of carbonyl (C=O) groups is 2. The molecule has 0 aliphatic rings. The average molecular weight is 405 g/mol. The first kappa shape index (κ1) is 21.3. The van der Waals surface area contributed by atoms with Crippen molar-refractivity contribution in [3.05, 3.63) is 64.7 Å². The van der Waals surface area contributed by atoms with E-state index in [1.165, 1.54) is 17.3 Å². The Bertz CT molecular complexity index is 780. The van der Waals surface area contributed by atoms with Gasteiger partial charge in [0.05, 0.1) is 5.75 Å². The summed E-state index contributed by atoms with van der Waals surface area (Å²) in [7, 11) is 0. The number of thioether (sulfide) groups is 1. The van der Waals surface area contributed by atoms with E-state index in [-0.39, 0.29) is 17.6 Å². The summed E-state index contributed by atoms with van der Waals surface area (Å²) in [5.74, 6) is -0.00505. The summed E-state index contributed by atoms with van der Waals surface area (Å²) in [6.45, 7) is 6.45. The molecule has 0 unspecified atom stereocenters. The highest BCUT2D eigenvalue weighted by atomic mass is 35.5. The van der Waals surface area contributed by atoms with Crippen LogP contribution in [0.15, 0.2) is 53.4 Å². The summed E-state index contributed by atoms with van der Waals surface area (Å²) in [4.78, 5) is 27.9. The molecule has 0 bridgehead atoms. The maximum absolute atomic E-state index is 12.9. The molecule has 27 heavy (non-hydrogen) atoms. The summed E-state index contributed by atoms with van der Waals surface area (Å²) in [5.41, 5.74) is 2.00. The normalized spacial score (nSPS) is 11.7. The van der Waals surface area contributed by atoms with Gasteiger partial charge in [0.1, 0.15) is 6.04 Å². The molecule has 0 aliphatic heterocycles. The van der Waals surface area contributed by atoms with Crippen molar-refractivity contribution in [2.45, 2.75) is 38.3 Å². The van der Waals surface area contributed by atoms with Gasteiger partial charge in [0.2, 0.25) is 11.8 Å². The first-order valence-electron chi connectivity index (χ1n) is 8.92. The Morgan fingerprint density at radius 3 is 2.44 bits per heavy atom. The number of hydrogen-bond donors (Lipinski definition) is 1. The Hall–Kier alpha value is -1.98. The van der Waals surface area contributed by atoms with Crippen LogP contribution in [0.5, 0.6) is 0 Å². The summed E-state index contributed by atoms with van der Waals surface area (Å²) < 4.78 is 0. The molecule has 0 radical (unpaired) electrons. The number of amides is 2. The van der Waals surface area contributed by atoms with E-state index in [0.717, 1.165) is 10.5 Å². The molecule has 0 spiro atoms. The zero-order valence-corrected chi connectivity index (χ0v) is 17.4. The molecule has 2 aromatic rings. The summed E-state index contributed by atoms with van der Waals surface area (Å²) in [6, 6.07) is 14.8. The summed E-state index contributed by atoms with van der Waals surface area (Å²) in [6.07, 6.45) is 0. The van der Waals surface area contributed by atoms with Gasteiger partial charge < -0.3 is 10.2 Å². The minimum absolute atomic E-state index is 0.0979. The molecule has 0 aromatic heterocycles. The highest BCUT2D eigenvalue weighted by Crippen LogP contribution is 2.22. The Kier molecular flexibility index (Phi) is 8.20. The molecule has 6 heteroatoms. The van der Waals surface area contributed by atoms with Gasteiger partial charge in [-0.2, -0.15) is 0 Å². The number of likely N-dealkylation sites (N-methyl/N-ethyl adjacent to an activating group) is 1. The van der Waals surface area contributed by atoms with Crippen molar-refractivity contribution < 1.29 is 9.59 Å². The van der Waals surface area contributed by atoms with Crippen LogP contribution >= 0.6 is 23.4 Å². The predicted octanol–water partition coefficient (Wildman–Crippen LogP) is 4.29. The van der Waals surface area contributed by atoms with Gasteiger partial charge in [-0.1, -0.05) is 47.5 Å². The molecular weight excluding hydrogens is 380 g/mol. The quantitative estimate of drug-likeness (QED) is 0.667. The molecule has 2 rings (SSSR count). The van der Waals surface area contributed by atoms with Gasteiger partial charge in [0, 0.05) is 23.0 Å². The van der Waals surface area contributed by atoms with Gasteiger partial charge in [-0.15, -0.1) is 11.8 Å². The number of aryl methyl sites for hydroxylation is 1. The van der Waals surface area contributed by atoms with E-state index >= 15 is 0 Å². The number of benzene rings is 2. The largest absolute Gasteiger partial charge is 0.355 e. The highest BCUT2D eigenvalue weighted by Gasteiger charge is 2.26. The standard InChI is InChI=1S/C21H25ClN2O2S/c1-4-23-21(26)16(3)24(13-17-7-5-6-8-19(17)22)20(25)14-27-18-11-9-15(2)10-12-18/h5-12,16H,4,13-14H2,1-3H3,(H,23,26)/t16-/m0/s1. The first-order valence-corrected chi connectivity index (χ1v) is 10.3. The molecule has 4 nitrogen and oxygen atoms in total. The molecule has 1 N–H and O–H groups in total. The van der Waals surface area contributed by atoms with Crippen molar-refractivity contribution in [3.8, 4) is 0 Å². The van der Waals surface area contributed by atoms with E-state index < -0.39 is 6.04 Å². The van der Waals surface area contributed by atoms with Crippen LogP contribution in [0.2, 0.25) is 5.02 Å². The van der Waals surface area contributed by atoms with Gasteiger partial charge >= 0.3 is 0 Å². The topological polar surface area (TPSA) is 49.4 Å². The van der Waals surface area contributed by atoms with E-state index in [0.29, 0.717) is 18.1 Å². The molecule has 144 valence electrons. The Labute approximate surface area is 170 Å². The fraction of sp³-hybridized carbons (Fsp3) is 0.333. The average Bonchev–Trinajstić information content (AvgIpc) is 2.66. The van der Waals surface area contributed by atoms with E-state index in [9.17, 15) is 9.59 Å². The van der Waals surface area contributed by atoms with Crippen molar-refractivity contribution in [2.24, 2.45) is 0 Å². The monoisotopic (exact) mass is 404 g/mol. The third-order valence-electron chi connectivity index (χ3n) is 4.20. The number of nitrogens with one attached hydrogen (secondary N) is 1. The van der Waals surface area contributed by atoms with Crippen molar-refractivity contribution in [1.29, 1.82) is 0 Å². The molecule has 2 aromatic carbocycles. The number of nitrogens with zero attached hydrogens (tertiary/aromatic N) is 1. The molecule has 0 aliphatic carbocycles. The second-order valence-corrected chi connectivity index (χ2v) is 7.74. The molecule has 2 amide bonds. The van der Waals surface area contributed by atoms with Crippen LogP contribution in [0.3, 0.4) is 0 Å². The van der Waals surface area contributed by atoms with E-state index in [2.05, 4.69) is 5.32 Å². The lowest BCUT2D eigenvalue weighted by atomic mass is 10.1. The van der Waals surface area contributed by atoms with E-state index in [4.69, 9.17) is 11.6 Å². The lowest BCUT2D eigenvalue weighted by Crippen LogP contribution is -2.48. The van der Waals surface area contributed by atoms with Gasteiger partial charge in [-0.25, -0.2) is 0 Å². The number of rotatable bonds is 8. The first-order chi connectivity index (χ1) is 12.9. The van der Waals surface area contributed by atoms with Crippen LogP contribution in [0.25, 0.3) is 0 Å².